The van der Waals surface area contributed by atoms with Crippen LogP contribution in [0.2, 0.25) is 0 Å². The van der Waals surface area contributed by atoms with Crippen LogP contribution in [0.5, 0.6) is 0 Å². The van der Waals surface area contributed by atoms with Gasteiger partial charge in [-0.25, -0.2) is 0 Å². The molecule has 0 amide bonds. The summed E-state index contributed by atoms with van der Waals surface area (Å²) in [5, 5.41) is 4.88. The number of hydrogen-bond acceptors (Lipinski definition) is 2. The molecule has 125 heavy (non-hydrogen) atoms. The molecule has 6 aliphatic rings. The van der Waals surface area contributed by atoms with Crippen LogP contribution in [0.25, 0.3) is 144 Å². The van der Waals surface area contributed by atoms with Crippen molar-refractivity contribution in [1.82, 2.24) is 9.13 Å². The van der Waals surface area contributed by atoms with Gasteiger partial charge < -0.3 is 18.9 Å². The molecule has 0 saturated heterocycles. The van der Waals surface area contributed by atoms with Crippen LogP contribution in [-0.2, 0) is 16.2 Å². The van der Waals surface area contributed by atoms with Crippen molar-refractivity contribution in [2.75, 3.05) is 9.80 Å². The lowest BCUT2D eigenvalue weighted by molar-refractivity contribution is 0.590. The van der Waals surface area contributed by atoms with E-state index in [-0.39, 0.29) is 12.1 Å². The monoisotopic (exact) mass is 1590 g/mol. The summed E-state index contributed by atoms with van der Waals surface area (Å²) in [4.78, 5) is 5.41. The second kappa shape index (κ2) is 26.0. The Morgan fingerprint density at radius 3 is 0.880 bits per heavy atom. The fourth-order valence-corrected chi connectivity index (χ4v) is 23.7. The minimum atomic E-state index is -0.541. The fraction of sp³-hybridized carbons (Fsp3) is 0.0500. The van der Waals surface area contributed by atoms with E-state index in [1.807, 2.05) is 0 Å². The van der Waals surface area contributed by atoms with Crippen LogP contribution in [-0.4, -0.2) is 15.8 Å². The van der Waals surface area contributed by atoms with Gasteiger partial charge in [0.25, 0.3) is 6.71 Å². The molecule has 4 aliphatic carbocycles. The van der Waals surface area contributed by atoms with Gasteiger partial charge in [0.15, 0.2) is 0 Å². The molecular weight excluding hydrogens is 1510 g/mol. The van der Waals surface area contributed by atoms with E-state index >= 15 is 0 Å². The summed E-state index contributed by atoms with van der Waals surface area (Å²) >= 11 is 0. The van der Waals surface area contributed by atoms with Gasteiger partial charge in [0.1, 0.15) is 0 Å². The third kappa shape index (κ3) is 9.56. The van der Waals surface area contributed by atoms with Crippen LogP contribution in [0.3, 0.4) is 0 Å². The van der Waals surface area contributed by atoms with Gasteiger partial charge >= 0.3 is 0 Å². The van der Waals surface area contributed by atoms with E-state index < -0.39 is 10.8 Å². The molecule has 27 rings (SSSR count). The second-order valence-corrected chi connectivity index (χ2v) is 36.0. The van der Waals surface area contributed by atoms with Crippen molar-refractivity contribution in [3.05, 3.63) is 475 Å². The van der Waals surface area contributed by atoms with Gasteiger partial charge in [-0.15, -0.1) is 0 Å². The molecule has 2 spiro atoms. The third-order valence-corrected chi connectivity index (χ3v) is 28.9. The van der Waals surface area contributed by atoms with Gasteiger partial charge in [-0.3, -0.25) is 0 Å². The van der Waals surface area contributed by atoms with Crippen molar-refractivity contribution in [3.8, 4) is 100 Å². The Balaban J connectivity index is 0.721. The SMILES string of the molecule is CC(C)(C)c1cc2c3c(c1)N(c1ccccc1-c1ccc4c(c1)C1(c5ccccc5-c5ccccc51)c1ccccc1-4)c1cc(-c4ccc5c(c4)c4ccccc4n5-c4ccccc4)ccc1B3c1ccc(-c3ccc4c(c3)c3ccccc3n4-c3ccccc3)cc1N2c1ccccc1-c1ccc2c(c1)C1(c3ccccc3-c3ccccc31)c1ccccc1-2. The Morgan fingerprint density at radius 1 is 0.208 bits per heavy atom. The van der Waals surface area contributed by atoms with Gasteiger partial charge in [0.2, 0.25) is 0 Å². The summed E-state index contributed by atoms with van der Waals surface area (Å²) in [7, 11) is 0. The first-order valence-electron chi connectivity index (χ1n) is 44.0. The van der Waals surface area contributed by atoms with Crippen LogP contribution < -0.4 is 26.2 Å². The van der Waals surface area contributed by atoms with Crippen molar-refractivity contribution in [2.24, 2.45) is 0 Å². The molecule has 582 valence electrons. The molecule has 2 aromatic heterocycles. The highest BCUT2D eigenvalue weighted by Crippen LogP contribution is 2.66. The summed E-state index contributed by atoms with van der Waals surface area (Å²) in [5.41, 5.74) is 47.5. The number of fused-ring (bicyclic) bond motifs is 30. The average molecular weight is 1590 g/mol. The number of rotatable bonds is 8. The Labute approximate surface area is 726 Å². The number of anilines is 6. The largest absolute Gasteiger partial charge is 0.311 e. The maximum Gasteiger partial charge on any atom is 0.252 e. The predicted molar refractivity (Wildman–Crippen MR) is 522 cm³/mol. The van der Waals surface area contributed by atoms with Crippen LogP contribution in [0.15, 0.2) is 425 Å². The number of aromatic nitrogens is 2. The van der Waals surface area contributed by atoms with E-state index in [0.717, 1.165) is 90.0 Å². The van der Waals surface area contributed by atoms with Gasteiger partial charge in [0, 0.05) is 66.8 Å². The first kappa shape index (κ1) is 70.2. The Morgan fingerprint density at radius 2 is 0.504 bits per heavy atom. The van der Waals surface area contributed by atoms with Gasteiger partial charge in [-0.2, -0.15) is 0 Å². The molecule has 0 bridgehead atoms. The lowest BCUT2D eigenvalue weighted by Gasteiger charge is -2.46. The van der Waals surface area contributed by atoms with E-state index in [1.54, 1.807) is 0 Å². The normalized spacial score (nSPS) is 14.0. The number of hydrogen-bond donors (Lipinski definition) is 0. The van der Waals surface area contributed by atoms with Crippen molar-refractivity contribution < 1.29 is 0 Å². The second-order valence-electron chi connectivity index (χ2n) is 36.0. The van der Waals surface area contributed by atoms with Crippen molar-refractivity contribution in [3.63, 3.8) is 0 Å². The van der Waals surface area contributed by atoms with Crippen LogP contribution in [0.4, 0.5) is 34.1 Å². The highest BCUT2D eigenvalue weighted by molar-refractivity contribution is 7.00. The molecular formula is C120H79BN4. The van der Waals surface area contributed by atoms with Crippen LogP contribution in [0.1, 0.15) is 70.8 Å². The average Bonchev–Trinajstić information content (AvgIpc) is 0.879. The zero-order valence-corrected chi connectivity index (χ0v) is 69.3. The lowest BCUT2D eigenvalue weighted by Crippen LogP contribution is -2.61. The van der Waals surface area contributed by atoms with Crippen molar-refractivity contribution in [2.45, 2.75) is 37.0 Å². The van der Waals surface area contributed by atoms with Gasteiger partial charge in [-0.1, -0.05) is 336 Å². The summed E-state index contributed by atoms with van der Waals surface area (Å²) in [6.07, 6.45) is 0. The zero-order valence-electron chi connectivity index (χ0n) is 69.3. The van der Waals surface area contributed by atoms with Gasteiger partial charge in [-0.05, 0) is 259 Å². The van der Waals surface area contributed by atoms with Crippen LogP contribution in [0, 0.1) is 0 Å². The summed E-state index contributed by atoms with van der Waals surface area (Å²) in [6.45, 7) is 6.99. The van der Waals surface area contributed by atoms with E-state index in [1.165, 1.54) is 155 Å². The number of nitrogens with zero attached hydrogens (tertiary/aromatic N) is 4. The predicted octanol–water partition coefficient (Wildman–Crippen LogP) is 28.6. The fourth-order valence-electron chi connectivity index (χ4n) is 23.7. The van der Waals surface area contributed by atoms with Crippen molar-refractivity contribution in [1.29, 1.82) is 0 Å². The molecule has 0 N–H and O–H groups in total. The maximum absolute atomic E-state index is 2.70. The molecule has 0 fully saturated rings. The highest BCUT2D eigenvalue weighted by Gasteiger charge is 2.54. The van der Waals surface area contributed by atoms with Crippen LogP contribution >= 0.6 is 0 Å². The highest BCUT2D eigenvalue weighted by atomic mass is 15.2. The van der Waals surface area contributed by atoms with E-state index in [9.17, 15) is 0 Å². The summed E-state index contributed by atoms with van der Waals surface area (Å²) in [6, 6.07) is 163. The standard InChI is InChI=1S/C120H79BN4/c1-118(2,3)80-72-115-117-116(73-80)125(108-51-27-17-35-84(108)79-55-61-92-90-41-15-25-49-102(90)120(104(92)69-79)99-46-22-12-38-87(99)88-39-13-23-47-100(88)120)114-71-77(75-59-65-112-96(67-75)94-43-19-29-53-110(94)123(112)82-32-8-5-9-33-82)57-63-106(114)121(117)105-62-56-76(74-58-64-111-95(66-74)93-42-18-28-52-109(93)122(111)81-30-6-4-7-31-81)70-113(105)124(115)107-50-26-16-34-83(107)78-54-60-91-89-40-14-24-48-101(89)119(103(91)68-78)97-44-20-10-36-85(97)86-37-11-21-45-98(86)119/h4-73H,1-3H3. The Kier molecular flexibility index (Phi) is 14.6. The van der Waals surface area contributed by atoms with E-state index in [2.05, 4.69) is 464 Å². The summed E-state index contributed by atoms with van der Waals surface area (Å²) in [5.74, 6) is 0. The quantitative estimate of drug-likeness (QED) is 0.141. The van der Waals surface area contributed by atoms with Gasteiger partial charge in [0.05, 0.1) is 44.3 Å². The molecule has 4 nitrogen and oxygen atoms in total. The van der Waals surface area contributed by atoms with E-state index in [0.29, 0.717) is 0 Å². The number of para-hydroxylation sites is 6. The first-order valence-corrected chi connectivity index (χ1v) is 44.0. The molecule has 2 aliphatic heterocycles. The summed E-state index contributed by atoms with van der Waals surface area (Å²) < 4.78 is 4.85. The van der Waals surface area contributed by atoms with E-state index in [4.69, 9.17) is 0 Å². The van der Waals surface area contributed by atoms with Crippen molar-refractivity contribution >= 4 is 101 Å². The molecule has 4 heterocycles. The smallest absolute Gasteiger partial charge is 0.252 e. The molecule has 0 saturated carbocycles. The molecule has 21 aromatic rings. The topological polar surface area (TPSA) is 16.3 Å². The molecule has 5 heteroatoms. The first-order chi connectivity index (χ1) is 61.7. The minimum absolute atomic E-state index is 0.228. The Bertz CT molecular complexity index is 7660. The number of benzene rings is 19. The molecule has 0 atom stereocenters. The third-order valence-electron chi connectivity index (χ3n) is 28.9. The zero-order chi connectivity index (χ0) is 82.3. The minimum Gasteiger partial charge on any atom is -0.311 e. The molecule has 0 unspecified atom stereocenters. The molecule has 19 aromatic carbocycles. The molecule has 0 radical (unpaired) electrons. The maximum atomic E-state index is 2.70. The lowest BCUT2D eigenvalue weighted by atomic mass is 9.33. The Hall–Kier alpha value is -15.6.